The molecule has 0 aliphatic carbocycles. The Morgan fingerprint density at radius 2 is 2.03 bits per heavy atom. The second kappa shape index (κ2) is 9.46. The third-order valence-corrected chi connectivity index (χ3v) is 4.53. The number of amides is 2. The van der Waals surface area contributed by atoms with Crippen molar-refractivity contribution in [2.24, 2.45) is 0 Å². The maximum atomic E-state index is 12.1. The van der Waals surface area contributed by atoms with E-state index in [0.717, 1.165) is 4.47 Å². The van der Waals surface area contributed by atoms with E-state index in [1.54, 1.807) is 17.1 Å². The number of halogens is 1. The van der Waals surface area contributed by atoms with Crippen LogP contribution >= 0.6 is 15.9 Å². The van der Waals surface area contributed by atoms with Gasteiger partial charge in [0.15, 0.2) is 5.82 Å². The number of hydrogen-bond acceptors (Lipinski definition) is 9. The fourth-order valence-corrected chi connectivity index (χ4v) is 3.06. The first kappa shape index (κ1) is 22.1. The molecule has 31 heavy (non-hydrogen) atoms. The first-order valence-electron chi connectivity index (χ1n) is 8.98. The van der Waals surface area contributed by atoms with Crippen LogP contribution in [-0.2, 0) is 17.9 Å². The van der Waals surface area contributed by atoms with E-state index in [2.05, 4.69) is 46.9 Å². The van der Waals surface area contributed by atoms with E-state index in [1.807, 2.05) is 0 Å². The van der Waals surface area contributed by atoms with Crippen LogP contribution in [0, 0.1) is 24.0 Å². The molecule has 14 nitrogen and oxygen atoms in total. The fraction of sp³-hybridized carbons (Fsp3) is 0.375. The van der Waals surface area contributed by atoms with Gasteiger partial charge in [-0.3, -0.25) is 29.1 Å². The van der Waals surface area contributed by atoms with Crippen molar-refractivity contribution in [1.82, 2.24) is 40.3 Å². The molecule has 0 aliphatic heterocycles. The molecule has 3 aromatic rings. The number of aromatic nitrogens is 6. The summed E-state index contributed by atoms with van der Waals surface area (Å²) in [6.45, 7) is 3.34. The third-order valence-electron chi connectivity index (χ3n) is 4.12. The summed E-state index contributed by atoms with van der Waals surface area (Å²) in [6.07, 6.45) is 3.33. The van der Waals surface area contributed by atoms with Crippen LogP contribution in [0.5, 0.6) is 0 Å². The minimum Gasteiger partial charge on any atom is -0.353 e. The lowest BCUT2D eigenvalue weighted by molar-refractivity contribution is -0.386. The highest BCUT2D eigenvalue weighted by Gasteiger charge is 2.22. The van der Waals surface area contributed by atoms with Gasteiger partial charge in [0.1, 0.15) is 24.5 Å². The molecule has 0 saturated carbocycles. The van der Waals surface area contributed by atoms with Crippen LogP contribution in [0.1, 0.15) is 27.9 Å². The Bertz CT molecular complexity index is 1120. The van der Waals surface area contributed by atoms with Crippen LogP contribution in [0.3, 0.4) is 0 Å². The molecule has 2 N–H and O–H groups in total. The molecular weight excluding hydrogens is 478 g/mol. The highest BCUT2D eigenvalue weighted by Crippen LogP contribution is 2.21. The number of rotatable bonds is 9. The van der Waals surface area contributed by atoms with Gasteiger partial charge >= 0.3 is 17.5 Å². The first-order chi connectivity index (χ1) is 14.7. The largest absolute Gasteiger partial charge is 0.353 e. The van der Waals surface area contributed by atoms with Crippen LogP contribution in [-0.4, -0.2) is 59.5 Å². The molecular formula is C16H18BrN9O5. The van der Waals surface area contributed by atoms with Crippen LogP contribution < -0.4 is 10.6 Å². The highest BCUT2D eigenvalue weighted by atomic mass is 79.9. The summed E-state index contributed by atoms with van der Waals surface area (Å²) in [5, 5.41) is 28.0. The fourth-order valence-electron chi connectivity index (χ4n) is 2.73. The van der Waals surface area contributed by atoms with Crippen LogP contribution in [0.15, 0.2) is 21.4 Å². The zero-order valence-electron chi connectivity index (χ0n) is 16.5. The lowest BCUT2D eigenvalue weighted by atomic mass is 10.3. The molecule has 0 fully saturated rings. The second-order valence-electron chi connectivity index (χ2n) is 6.41. The van der Waals surface area contributed by atoms with Crippen LogP contribution in [0.25, 0.3) is 0 Å². The number of carbonyl (C=O) groups excluding carboxylic acids is 2. The lowest BCUT2D eigenvalue weighted by Crippen LogP contribution is -2.36. The Morgan fingerprint density at radius 1 is 1.29 bits per heavy atom. The normalized spacial score (nSPS) is 10.8. The van der Waals surface area contributed by atoms with Gasteiger partial charge in [-0.15, -0.1) is 0 Å². The minimum atomic E-state index is -0.580. The summed E-state index contributed by atoms with van der Waals surface area (Å²) in [7, 11) is 0. The van der Waals surface area contributed by atoms with Crippen molar-refractivity contribution in [2.45, 2.75) is 26.9 Å². The quantitative estimate of drug-likeness (QED) is 0.240. The molecule has 0 aromatic carbocycles. The molecule has 15 heteroatoms. The Kier molecular flexibility index (Phi) is 6.74. The number of hydrogen-bond donors (Lipinski definition) is 2. The van der Waals surface area contributed by atoms with Gasteiger partial charge in [-0.05, 0) is 29.8 Å². The molecule has 3 rings (SSSR count). The summed E-state index contributed by atoms with van der Waals surface area (Å²) < 4.78 is 8.56. The topological polar surface area (TPSA) is 176 Å². The van der Waals surface area contributed by atoms with Crippen molar-refractivity contribution in [3.05, 3.63) is 50.1 Å². The van der Waals surface area contributed by atoms with E-state index in [-0.39, 0.29) is 49.3 Å². The predicted octanol–water partition coefficient (Wildman–Crippen LogP) is 0.345. The minimum absolute atomic E-state index is 0.112. The molecule has 0 atom stereocenters. The number of nitrogens with zero attached hydrogens (tertiary/aromatic N) is 7. The Balaban J connectivity index is 1.42. The van der Waals surface area contributed by atoms with E-state index in [1.165, 1.54) is 18.5 Å². The smallest absolute Gasteiger partial charge is 0.316 e. The molecule has 0 aliphatic rings. The molecule has 0 unspecified atom stereocenters. The Labute approximate surface area is 183 Å². The van der Waals surface area contributed by atoms with E-state index < -0.39 is 16.7 Å². The van der Waals surface area contributed by atoms with Gasteiger partial charge in [-0.2, -0.15) is 15.2 Å². The van der Waals surface area contributed by atoms with Gasteiger partial charge in [0.25, 0.3) is 0 Å². The van der Waals surface area contributed by atoms with Gasteiger partial charge in [0, 0.05) is 19.3 Å². The molecule has 3 heterocycles. The number of nitro groups is 1. The maximum absolute atomic E-state index is 12.1. The number of nitrogens with one attached hydrogen (secondary N) is 2. The zero-order chi connectivity index (χ0) is 22.5. The molecule has 164 valence electrons. The van der Waals surface area contributed by atoms with E-state index in [4.69, 9.17) is 4.52 Å². The average Bonchev–Trinajstić information content (AvgIpc) is 3.39. The van der Waals surface area contributed by atoms with Crippen molar-refractivity contribution >= 4 is 33.4 Å². The summed E-state index contributed by atoms with van der Waals surface area (Å²) in [5.74, 6) is -0.903. The second-order valence-corrected chi connectivity index (χ2v) is 7.33. The van der Waals surface area contributed by atoms with E-state index in [9.17, 15) is 19.7 Å². The average molecular weight is 496 g/mol. The monoisotopic (exact) mass is 495 g/mol. The van der Waals surface area contributed by atoms with Crippen LogP contribution in [0.4, 0.5) is 5.69 Å². The van der Waals surface area contributed by atoms with Gasteiger partial charge in [-0.1, -0.05) is 5.16 Å². The van der Waals surface area contributed by atoms with Gasteiger partial charge in [0.05, 0.1) is 15.6 Å². The molecule has 0 spiro atoms. The van der Waals surface area contributed by atoms with Crippen molar-refractivity contribution in [3.8, 4) is 0 Å². The Morgan fingerprint density at radius 3 is 2.68 bits per heavy atom. The zero-order valence-corrected chi connectivity index (χ0v) is 18.1. The standard InChI is InChI=1S/C16H18BrN9O5/c1-9-14(26(29)30)10(2)25(22-9)8-13(27)18-3-4-19-15(28)16-21-12(23-31-16)7-24-6-11(17)5-20-24/h5-6H,3-4,7-8H2,1-2H3,(H,18,27)(H,19,28). The SMILES string of the molecule is Cc1nn(CC(=O)NCCNC(=O)c2nc(Cn3cc(Br)cn3)no2)c(C)c1[N+](=O)[O-]. The summed E-state index contributed by atoms with van der Waals surface area (Å²) in [5.41, 5.74) is 0.418. The van der Waals surface area contributed by atoms with Gasteiger partial charge < -0.3 is 15.2 Å². The van der Waals surface area contributed by atoms with Crippen LogP contribution in [0.2, 0.25) is 0 Å². The molecule has 3 aromatic heterocycles. The summed E-state index contributed by atoms with van der Waals surface area (Å²) in [6, 6.07) is 0. The van der Waals surface area contributed by atoms with Gasteiger partial charge in [-0.25, -0.2) is 0 Å². The van der Waals surface area contributed by atoms with Gasteiger partial charge in [0.2, 0.25) is 5.91 Å². The lowest BCUT2D eigenvalue weighted by Gasteiger charge is -2.06. The van der Waals surface area contributed by atoms with E-state index in [0.29, 0.717) is 5.69 Å². The maximum Gasteiger partial charge on any atom is 0.316 e. The van der Waals surface area contributed by atoms with Crippen molar-refractivity contribution < 1.29 is 19.0 Å². The van der Waals surface area contributed by atoms with Crippen molar-refractivity contribution in [2.75, 3.05) is 13.1 Å². The summed E-state index contributed by atoms with van der Waals surface area (Å²) in [4.78, 5) is 38.6. The molecule has 0 bridgehead atoms. The van der Waals surface area contributed by atoms with E-state index >= 15 is 0 Å². The number of carbonyl (C=O) groups is 2. The Hall–Kier alpha value is -3.62. The highest BCUT2D eigenvalue weighted by molar-refractivity contribution is 9.10. The third kappa shape index (κ3) is 5.50. The van der Waals surface area contributed by atoms with Crippen molar-refractivity contribution in [1.29, 1.82) is 0 Å². The number of aryl methyl sites for hydroxylation is 1. The summed E-state index contributed by atoms with van der Waals surface area (Å²) >= 11 is 3.28. The molecule has 2 amide bonds. The molecule has 0 radical (unpaired) electrons. The predicted molar refractivity (Wildman–Crippen MR) is 107 cm³/mol. The molecule has 0 saturated heterocycles. The first-order valence-corrected chi connectivity index (χ1v) is 9.77. The van der Waals surface area contributed by atoms with Crippen molar-refractivity contribution in [3.63, 3.8) is 0 Å².